The second-order valence-corrected chi connectivity index (χ2v) is 7.96. The van der Waals surface area contributed by atoms with Crippen LogP contribution in [0.5, 0.6) is 5.75 Å². The monoisotopic (exact) mass is 447 g/mol. The van der Waals surface area contributed by atoms with E-state index in [0.717, 1.165) is 21.7 Å². The molecular formula is C28H21N3O3. The molecule has 166 valence electrons. The van der Waals surface area contributed by atoms with Gasteiger partial charge in [0, 0.05) is 35.6 Å². The van der Waals surface area contributed by atoms with E-state index < -0.39 is 5.91 Å². The zero-order valence-electron chi connectivity index (χ0n) is 18.2. The van der Waals surface area contributed by atoms with E-state index in [4.69, 9.17) is 0 Å². The van der Waals surface area contributed by atoms with Crippen LogP contribution in [0.1, 0.15) is 26.3 Å². The highest BCUT2D eigenvalue weighted by Gasteiger charge is 2.15. The van der Waals surface area contributed by atoms with Gasteiger partial charge < -0.3 is 15.7 Å². The topological polar surface area (TPSA) is 91.3 Å². The van der Waals surface area contributed by atoms with Gasteiger partial charge in [-0.3, -0.25) is 14.6 Å². The highest BCUT2D eigenvalue weighted by atomic mass is 16.3. The number of carbonyl (C=O) groups excluding carboxylic acids is 2. The fraction of sp³-hybridized carbons (Fsp3) is 0.0357. The van der Waals surface area contributed by atoms with E-state index in [0.29, 0.717) is 23.2 Å². The van der Waals surface area contributed by atoms with Crippen molar-refractivity contribution in [2.24, 2.45) is 0 Å². The number of anilines is 1. The molecule has 0 saturated carbocycles. The molecule has 0 aliphatic carbocycles. The zero-order valence-corrected chi connectivity index (χ0v) is 18.2. The molecule has 0 aliphatic heterocycles. The number of phenols is 1. The van der Waals surface area contributed by atoms with Gasteiger partial charge in [0.1, 0.15) is 5.75 Å². The maximum atomic E-state index is 13.0. The lowest BCUT2D eigenvalue weighted by molar-refractivity contribution is 0.0950. The molecule has 1 heterocycles. The Morgan fingerprint density at radius 1 is 0.794 bits per heavy atom. The van der Waals surface area contributed by atoms with Crippen molar-refractivity contribution in [1.82, 2.24) is 10.3 Å². The summed E-state index contributed by atoms with van der Waals surface area (Å²) < 4.78 is 0. The SMILES string of the molecule is O=C(NCc1cccnc1)c1ccc2cc(O)c(C(=O)Nc3cccc4ccccc34)cc2c1. The molecular weight excluding hydrogens is 426 g/mol. The van der Waals surface area contributed by atoms with Crippen molar-refractivity contribution in [1.29, 1.82) is 0 Å². The summed E-state index contributed by atoms with van der Waals surface area (Å²) in [7, 11) is 0. The number of hydrogen-bond acceptors (Lipinski definition) is 4. The first-order valence-corrected chi connectivity index (χ1v) is 10.8. The summed E-state index contributed by atoms with van der Waals surface area (Å²) in [4.78, 5) is 29.7. The van der Waals surface area contributed by atoms with Gasteiger partial charge in [-0.25, -0.2) is 0 Å². The van der Waals surface area contributed by atoms with Gasteiger partial charge in [-0.2, -0.15) is 0 Å². The number of carbonyl (C=O) groups is 2. The van der Waals surface area contributed by atoms with Crippen molar-refractivity contribution in [3.8, 4) is 5.75 Å². The van der Waals surface area contributed by atoms with E-state index in [2.05, 4.69) is 15.6 Å². The number of rotatable bonds is 5. The van der Waals surface area contributed by atoms with E-state index in [1.807, 2.05) is 54.6 Å². The van der Waals surface area contributed by atoms with Gasteiger partial charge in [0.15, 0.2) is 0 Å². The molecule has 5 aromatic rings. The van der Waals surface area contributed by atoms with E-state index in [9.17, 15) is 14.7 Å². The normalized spacial score (nSPS) is 10.8. The molecule has 0 aliphatic rings. The molecule has 0 spiro atoms. The Balaban J connectivity index is 1.40. The largest absolute Gasteiger partial charge is 0.507 e. The molecule has 1 aromatic heterocycles. The van der Waals surface area contributed by atoms with Crippen molar-refractivity contribution in [2.45, 2.75) is 6.54 Å². The minimum atomic E-state index is -0.429. The molecule has 0 radical (unpaired) electrons. The minimum Gasteiger partial charge on any atom is -0.507 e. The molecule has 34 heavy (non-hydrogen) atoms. The van der Waals surface area contributed by atoms with Crippen LogP contribution in [-0.4, -0.2) is 21.9 Å². The first-order chi connectivity index (χ1) is 16.6. The Hall–Kier alpha value is -4.71. The standard InChI is InChI=1S/C28H21N3O3/c32-26-15-20-10-11-21(27(33)30-17-18-5-4-12-29-16-18)13-22(20)14-24(26)28(34)31-25-9-3-7-19-6-1-2-8-23(19)25/h1-16,32H,17H2,(H,30,33)(H,31,34). The van der Waals surface area contributed by atoms with Crippen molar-refractivity contribution >= 4 is 39.0 Å². The summed E-state index contributed by atoms with van der Waals surface area (Å²) in [5.74, 6) is -0.790. The van der Waals surface area contributed by atoms with E-state index in [1.165, 1.54) is 6.07 Å². The number of aromatic nitrogens is 1. The molecule has 0 saturated heterocycles. The fourth-order valence-corrected chi connectivity index (χ4v) is 3.92. The summed E-state index contributed by atoms with van der Waals surface area (Å²) in [5, 5.41) is 19.6. The Morgan fingerprint density at radius 3 is 2.50 bits per heavy atom. The molecule has 5 rings (SSSR count). The van der Waals surface area contributed by atoms with Gasteiger partial charge >= 0.3 is 0 Å². The van der Waals surface area contributed by atoms with Gasteiger partial charge in [-0.05, 0) is 58.1 Å². The lowest BCUT2D eigenvalue weighted by Crippen LogP contribution is -2.22. The number of nitrogens with one attached hydrogen (secondary N) is 2. The number of pyridine rings is 1. The summed E-state index contributed by atoms with van der Waals surface area (Å²) in [6.07, 6.45) is 3.38. The highest BCUT2D eigenvalue weighted by molar-refractivity contribution is 6.12. The molecule has 3 N–H and O–H groups in total. The Labute approximate surface area is 195 Å². The van der Waals surface area contributed by atoms with Gasteiger partial charge in [0.2, 0.25) is 0 Å². The van der Waals surface area contributed by atoms with Crippen molar-refractivity contribution in [3.05, 3.63) is 114 Å². The van der Waals surface area contributed by atoms with Gasteiger partial charge in [-0.15, -0.1) is 0 Å². The lowest BCUT2D eigenvalue weighted by atomic mass is 10.0. The van der Waals surface area contributed by atoms with Crippen LogP contribution in [0.4, 0.5) is 5.69 Å². The number of phenolic OH excluding ortho intramolecular Hbond substituents is 1. The van der Waals surface area contributed by atoms with E-state index in [-0.39, 0.29) is 17.2 Å². The molecule has 0 atom stereocenters. The number of amides is 2. The summed E-state index contributed by atoms with van der Waals surface area (Å²) in [6, 6.07) is 25.4. The molecule has 0 bridgehead atoms. The zero-order chi connectivity index (χ0) is 23.5. The van der Waals surface area contributed by atoms with Crippen LogP contribution >= 0.6 is 0 Å². The number of fused-ring (bicyclic) bond motifs is 2. The Bertz CT molecular complexity index is 1530. The van der Waals surface area contributed by atoms with E-state index >= 15 is 0 Å². The maximum absolute atomic E-state index is 13.0. The van der Waals surface area contributed by atoms with Crippen LogP contribution in [0, 0.1) is 0 Å². The summed E-state index contributed by atoms with van der Waals surface area (Å²) in [5.41, 5.74) is 2.15. The second-order valence-electron chi connectivity index (χ2n) is 7.96. The van der Waals surface area contributed by atoms with Crippen molar-refractivity contribution in [3.63, 3.8) is 0 Å². The van der Waals surface area contributed by atoms with Gasteiger partial charge in [0.05, 0.1) is 5.56 Å². The van der Waals surface area contributed by atoms with Crippen LogP contribution in [0.2, 0.25) is 0 Å². The third-order valence-electron chi connectivity index (χ3n) is 5.68. The lowest BCUT2D eigenvalue weighted by Gasteiger charge is -2.11. The first-order valence-electron chi connectivity index (χ1n) is 10.8. The molecule has 2 amide bonds. The maximum Gasteiger partial charge on any atom is 0.259 e. The molecule has 6 heteroatoms. The first kappa shape index (κ1) is 21.2. The van der Waals surface area contributed by atoms with Crippen LogP contribution in [0.15, 0.2) is 97.3 Å². The fourth-order valence-electron chi connectivity index (χ4n) is 3.92. The van der Waals surface area contributed by atoms with Crippen LogP contribution in [0.25, 0.3) is 21.5 Å². The number of benzene rings is 4. The predicted octanol–water partition coefficient (Wildman–Crippen LogP) is 5.28. The summed E-state index contributed by atoms with van der Waals surface area (Å²) in [6.45, 7) is 0.360. The van der Waals surface area contributed by atoms with E-state index in [1.54, 1.807) is 36.7 Å². The second kappa shape index (κ2) is 9.03. The van der Waals surface area contributed by atoms with Crippen LogP contribution in [-0.2, 0) is 6.54 Å². The predicted molar refractivity (Wildman–Crippen MR) is 133 cm³/mol. The van der Waals surface area contributed by atoms with Gasteiger partial charge in [0.25, 0.3) is 11.8 Å². The minimum absolute atomic E-state index is 0.126. The van der Waals surface area contributed by atoms with Crippen LogP contribution < -0.4 is 10.6 Å². The smallest absolute Gasteiger partial charge is 0.259 e. The average Bonchev–Trinajstić information content (AvgIpc) is 2.87. The Kier molecular flexibility index (Phi) is 5.62. The number of hydrogen-bond donors (Lipinski definition) is 3. The van der Waals surface area contributed by atoms with Crippen molar-refractivity contribution in [2.75, 3.05) is 5.32 Å². The number of aromatic hydroxyl groups is 1. The third kappa shape index (κ3) is 4.29. The molecule has 4 aromatic carbocycles. The highest BCUT2D eigenvalue weighted by Crippen LogP contribution is 2.28. The quantitative estimate of drug-likeness (QED) is 0.342. The molecule has 0 fully saturated rings. The third-order valence-corrected chi connectivity index (χ3v) is 5.68. The van der Waals surface area contributed by atoms with Crippen molar-refractivity contribution < 1.29 is 14.7 Å². The molecule has 0 unspecified atom stereocenters. The summed E-state index contributed by atoms with van der Waals surface area (Å²) >= 11 is 0. The molecule has 6 nitrogen and oxygen atoms in total. The number of nitrogens with zero attached hydrogens (tertiary/aromatic N) is 1. The van der Waals surface area contributed by atoms with Crippen LogP contribution in [0.3, 0.4) is 0 Å². The van der Waals surface area contributed by atoms with Gasteiger partial charge in [-0.1, -0.05) is 48.5 Å². The Morgan fingerprint density at radius 2 is 1.65 bits per heavy atom. The average molecular weight is 447 g/mol.